The molecule has 0 saturated heterocycles. The Morgan fingerprint density at radius 1 is 0.846 bits per heavy atom. The Hall–Kier alpha value is -3.86. The number of aromatic carboxylic acids is 1. The highest BCUT2D eigenvalue weighted by atomic mass is 16.5. The summed E-state index contributed by atoms with van der Waals surface area (Å²) in [6.45, 7) is 4.20. The molecule has 0 aliphatic heterocycles. The van der Waals surface area contributed by atoms with Gasteiger partial charge in [-0.3, -0.25) is 19.6 Å². The van der Waals surface area contributed by atoms with Crippen molar-refractivity contribution < 1.29 is 33.8 Å². The lowest BCUT2D eigenvalue weighted by Crippen LogP contribution is -2.41. The SMILES string of the molecule is CCCCC[C@H](N)C(=O)OC.CCCCC[C@H](NC(=O)c1cccnc1)C(=O)OC.O=C(O)c1cccnc1. The first-order valence-corrected chi connectivity index (χ1v) is 13.0. The third kappa shape index (κ3) is 16.6. The van der Waals surface area contributed by atoms with Crippen LogP contribution < -0.4 is 11.1 Å². The Labute approximate surface area is 230 Å². The molecule has 39 heavy (non-hydrogen) atoms. The molecule has 2 rings (SSSR count). The summed E-state index contributed by atoms with van der Waals surface area (Å²) in [5.41, 5.74) is 6.15. The molecule has 2 aromatic rings. The van der Waals surface area contributed by atoms with Crippen LogP contribution in [0.25, 0.3) is 0 Å². The van der Waals surface area contributed by atoms with E-state index in [-0.39, 0.29) is 17.4 Å². The zero-order valence-electron chi connectivity index (χ0n) is 23.3. The number of ether oxygens (including phenoxy) is 2. The van der Waals surface area contributed by atoms with Gasteiger partial charge >= 0.3 is 17.9 Å². The van der Waals surface area contributed by atoms with Crippen molar-refractivity contribution in [2.75, 3.05) is 14.2 Å². The molecule has 216 valence electrons. The number of esters is 2. The highest BCUT2D eigenvalue weighted by Gasteiger charge is 2.21. The predicted octanol–water partition coefficient (Wildman–Crippen LogP) is 3.78. The number of amides is 1. The second kappa shape index (κ2) is 22.2. The number of hydrogen-bond acceptors (Lipinski definition) is 9. The van der Waals surface area contributed by atoms with Gasteiger partial charge < -0.3 is 25.6 Å². The number of rotatable bonds is 13. The molecule has 2 atom stereocenters. The van der Waals surface area contributed by atoms with Crippen molar-refractivity contribution >= 4 is 23.8 Å². The maximum atomic E-state index is 11.9. The Balaban J connectivity index is 0.000000611. The number of carboxylic acids is 1. The maximum absolute atomic E-state index is 11.9. The lowest BCUT2D eigenvalue weighted by Gasteiger charge is -2.16. The molecule has 11 heteroatoms. The molecular weight excluding hydrogens is 504 g/mol. The Kier molecular flexibility index (Phi) is 20.0. The molecule has 11 nitrogen and oxygen atoms in total. The third-order valence-electron chi connectivity index (χ3n) is 5.34. The molecule has 0 aromatic carbocycles. The van der Waals surface area contributed by atoms with E-state index < -0.39 is 24.0 Å². The summed E-state index contributed by atoms with van der Waals surface area (Å²) in [4.78, 5) is 52.0. The molecule has 1 amide bonds. The van der Waals surface area contributed by atoms with E-state index in [9.17, 15) is 19.2 Å². The molecule has 0 unspecified atom stereocenters. The molecule has 0 fully saturated rings. The van der Waals surface area contributed by atoms with Crippen LogP contribution in [0.1, 0.15) is 85.9 Å². The fourth-order valence-corrected chi connectivity index (χ4v) is 3.10. The second-order valence-electron chi connectivity index (χ2n) is 8.46. The molecular formula is C28H42N4O7. The van der Waals surface area contributed by atoms with Gasteiger partial charge in [-0.25, -0.2) is 9.59 Å². The van der Waals surface area contributed by atoms with E-state index in [4.69, 9.17) is 15.6 Å². The molecule has 2 heterocycles. The summed E-state index contributed by atoms with van der Waals surface area (Å²) >= 11 is 0. The van der Waals surface area contributed by atoms with Crippen molar-refractivity contribution in [1.29, 1.82) is 0 Å². The largest absolute Gasteiger partial charge is 0.478 e. The second-order valence-corrected chi connectivity index (χ2v) is 8.46. The minimum absolute atomic E-state index is 0.220. The minimum atomic E-state index is -0.942. The van der Waals surface area contributed by atoms with Gasteiger partial charge in [0.15, 0.2) is 0 Å². The first-order valence-electron chi connectivity index (χ1n) is 13.0. The fourth-order valence-electron chi connectivity index (χ4n) is 3.10. The summed E-state index contributed by atoms with van der Waals surface area (Å²) in [6, 6.07) is 5.40. The summed E-state index contributed by atoms with van der Waals surface area (Å²) in [5.74, 6) is -1.96. The Morgan fingerprint density at radius 3 is 1.77 bits per heavy atom. The molecule has 0 saturated carbocycles. The van der Waals surface area contributed by atoms with Crippen molar-refractivity contribution in [3.05, 3.63) is 60.2 Å². The summed E-state index contributed by atoms with van der Waals surface area (Å²) in [6.07, 6.45) is 13.5. The smallest absolute Gasteiger partial charge is 0.337 e. The number of carboxylic acid groups (broad SMARTS) is 1. The molecule has 0 spiro atoms. The number of nitrogens with one attached hydrogen (secondary N) is 1. The minimum Gasteiger partial charge on any atom is -0.478 e. The maximum Gasteiger partial charge on any atom is 0.337 e. The Morgan fingerprint density at radius 2 is 1.36 bits per heavy atom. The molecule has 0 bridgehead atoms. The quantitative estimate of drug-likeness (QED) is 0.248. The van der Waals surface area contributed by atoms with Crippen LogP contribution in [0.4, 0.5) is 0 Å². The normalized spacial score (nSPS) is 11.3. The molecule has 0 aliphatic carbocycles. The number of nitrogens with zero attached hydrogens (tertiary/aromatic N) is 2. The third-order valence-corrected chi connectivity index (χ3v) is 5.34. The van der Waals surface area contributed by atoms with E-state index in [2.05, 4.69) is 33.9 Å². The zero-order valence-corrected chi connectivity index (χ0v) is 23.3. The van der Waals surface area contributed by atoms with Crippen LogP contribution in [0.3, 0.4) is 0 Å². The van der Waals surface area contributed by atoms with Gasteiger partial charge in [-0.15, -0.1) is 0 Å². The highest BCUT2D eigenvalue weighted by molar-refractivity contribution is 5.96. The molecule has 0 aliphatic rings. The van der Waals surface area contributed by atoms with Gasteiger partial charge in [0.2, 0.25) is 0 Å². The number of aromatic nitrogens is 2. The van der Waals surface area contributed by atoms with Crippen LogP contribution >= 0.6 is 0 Å². The first-order chi connectivity index (χ1) is 18.7. The number of unbranched alkanes of at least 4 members (excludes halogenated alkanes) is 4. The Bertz CT molecular complexity index is 959. The van der Waals surface area contributed by atoms with Gasteiger partial charge in [0.25, 0.3) is 5.91 Å². The van der Waals surface area contributed by atoms with E-state index in [1.807, 2.05) is 0 Å². The number of methoxy groups -OCH3 is 2. The van der Waals surface area contributed by atoms with Gasteiger partial charge in [-0.05, 0) is 37.1 Å². The number of nitrogens with two attached hydrogens (primary N) is 1. The van der Waals surface area contributed by atoms with E-state index in [1.54, 1.807) is 24.4 Å². The number of carbonyl (C=O) groups excluding carboxylic acids is 3. The van der Waals surface area contributed by atoms with Crippen LogP contribution in [0.15, 0.2) is 49.1 Å². The van der Waals surface area contributed by atoms with Crippen molar-refractivity contribution in [1.82, 2.24) is 15.3 Å². The number of hydrogen-bond donors (Lipinski definition) is 3. The van der Waals surface area contributed by atoms with Crippen LogP contribution in [-0.2, 0) is 19.1 Å². The van der Waals surface area contributed by atoms with Gasteiger partial charge in [-0.2, -0.15) is 0 Å². The highest BCUT2D eigenvalue weighted by Crippen LogP contribution is 2.07. The van der Waals surface area contributed by atoms with E-state index in [0.717, 1.165) is 44.9 Å². The average Bonchev–Trinajstić information content (AvgIpc) is 2.97. The van der Waals surface area contributed by atoms with Crippen LogP contribution in [-0.4, -0.2) is 65.2 Å². The lowest BCUT2D eigenvalue weighted by molar-refractivity contribution is -0.143. The van der Waals surface area contributed by atoms with E-state index in [0.29, 0.717) is 12.0 Å². The van der Waals surface area contributed by atoms with Crippen LogP contribution in [0.5, 0.6) is 0 Å². The summed E-state index contributed by atoms with van der Waals surface area (Å²) in [7, 11) is 2.69. The molecule has 4 N–H and O–H groups in total. The monoisotopic (exact) mass is 546 g/mol. The first kappa shape index (κ1) is 35.1. The van der Waals surface area contributed by atoms with Crippen molar-refractivity contribution in [3.63, 3.8) is 0 Å². The number of pyridine rings is 2. The average molecular weight is 547 g/mol. The van der Waals surface area contributed by atoms with Gasteiger partial charge in [0.05, 0.1) is 25.3 Å². The standard InChI is InChI=1S/C14H20N2O3.C8H17NO2.C6H5NO2/c1-3-4-5-8-12(14(18)19-2)16-13(17)11-7-6-9-15-10-11;1-3-4-5-6-7(9)8(10)11-2;8-6(9)5-2-1-3-7-4-5/h6-7,9-10,12H,3-5,8H2,1-2H3,(H,16,17);7H,3-6,9H2,1-2H3;1-4H,(H,8,9)/t12-;7-;/m00./s1. The zero-order chi connectivity index (χ0) is 29.5. The van der Waals surface area contributed by atoms with Crippen molar-refractivity contribution in [2.45, 2.75) is 77.3 Å². The van der Waals surface area contributed by atoms with Crippen LogP contribution in [0.2, 0.25) is 0 Å². The van der Waals surface area contributed by atoms with Gasteiger partial charge in [-0.1, -0.05) is 52.4 Å². The fraction of sp³-hybridized carbons (Fsp3) is 0.500. The topological polar surface area (TPSA) is 171 Å². The van der Waals surface area contributed by atoms with E-state index >= 15 is 0 Å². The lowest BCUT2D eigenvalue weighted by atomic mass is 10.1. The van der Waals surface area contributed by atoms with Crippen molar-refractivity contribution in [3.8, 4) is 0 Å². The predicted molar refractivity (Wildman–Crippen MR) is 147 cm³/mol. The number of carbonyl (C=O) groups is 4. The van der Waals surface area contributed by atoms with E-state index in [1.165, 1.54) is 38.9 Å². The van der Waals surface area contributed by atoms with Crippen LogP contribution in [0, 0.1) is 0 Å². The van der Waals surface area contributed by atoms with Gasteiger partial charge in [0.1, 0.15) is 12.1 Å². The summed E-state index contributed by atoms with van der Waals surface area (Å²) < 4.78 is 9.19. The summed E-state index contributed by atoms with van der Waals surface area (Å²) in [5, 5.41) is 11.0. The molecule has 0 radical (unpaired) electrons. The van der Waals surface area contributed by atoms with Gasteiger partial charge in [0, 0.05) is 24.8 Å². The molecule has 2 aromatic heterocycles. The van der Waals surface area contributed by atoms with Crippen molar-refractivity contribution in [2.24, 2.45) is 5.73 Å².